The first-order chi connectivity index (χ1) is 9.58. The molecule has 0 saturated carbocycles. The van der Waals surface area contributed by atoms with Gasteiger partial charge in [-0.05, 0) is 51.9 Å². The van der Waals surface area contributed by atoms with Crippen LogP contribution in [0.25, 0.3) is 0 Å². The predicted octanol–water partition coefficient (Wildman–Crippen LogP) is 3.66. The molecule has 1 heterocycles. The minimum Gasteiger partial charge on any atom is -0.444 e. The maximum absolute atomic E-state index is 12.2. The summed E-state index contributed by atoms with van der Waals surface area (Å²) in [5, 5.41) is 0. The Bertz CT molecular complexity index is 491. The van der Waals surface area contributed by atoms with Crippen LogP contribution in [0.5, 0.6) is 0 Å². The van der Waals surface area contributed by atoms with Crippen molar-refractivity contribution in [1.82, 2.24) is 4.90 Å². The molecule has 1 atom stereocenters. The van der Waals surface area contributed by atoms with Gasteiger partial charge in [-0.1, -0.05) is 25.6 Å². The van der Waals surface area contributed by atoms with E-state index >= 15 is 0 Å². The van der Waals surface area contributed by atoms with Gasteiger partial charge < -0.3 is 4.74 Å². The first-order valence-corrected chi connectivity index (χ1v) is 11.1. The summed E-state index contributed by atoms with van der Waals surface area (Å²) < 4.78 is 5.46. The highest BCUT2D eigenvalue weighted by Crippen LogP contribution is 2.19. The van der Waals surface area contributed by atoms with Crippen LogP contribution in [-0.4, -0.2) is 37.3 Å². The Morgan fingerprint density at radius 2 is 1.86 bits per heavy atom. The lowest BCUT2D eigenvalue weighted by Gasteiger charge is -2.34. The van der Waals surface area contributed by atoms with Crippen LogP contribution in [0, 0.1) is 23.3 Å². The lowest BCUT2D eigenvalue weighted by molar-refractivity contribution is 0.0158. The Kier molecular flexibility index (Phi) is 5.93. The number of nitrogens with zero attached hydrogens (tertiary/aromatic N) is 1. The van der Waals surface area contributed by atoms with Crippen LogP contribution in [0.1, 0.15) is 40.0 Å². The fourth-order valence-electron chi connectivity index (χ4n) is 1.96. The summed E-state index contributed by atoms with van der Waals surface area (Å²) in [6.07, 6.45) is 2.75. The second-order valence-corrected chi connectivity index (χ2v) is 12.2. The molecule has 1 aliphatic heterocycles. The molecule has 0 spiro atoms. The standard InChI is InChI=1S/C17H27NO2Si/c1-17(2,3)20-16(19)18-13-9-7-11-15(18)12-8-10-14-21(4,5)6/h15H,7,9,11,13H2,1-6H3. The quantitative estimate of drug-likeness (QED) is 0.505. The number of amides is 1. The van der Waals surface area contributed by atoms with Gasteiger partial charge >= 0.3 is 6.09 Å². The Balaban J connectivity index is 2.76. The van der Waals surface area contributed by atoms with E-state index < -0.39 is 13.7 Å². The van der Waals surface area contributed by atoms with E-state index in [0.717, 1.165) is 25.8 Å². The summed E-state index contributed by atoms with van der Waals surface area (Å²) in [5.41, 5.74) is 2.76. The summed E-state index contributed by atoms with van der Waals surface area (Å²) in [4.78, 5) is 14.0. The zero-order valence-electron chi connectivity index (χ0n) is 14.2. The average molecular weight is 305 g/mol. The van der Waals surface area contributed by atoms with Gasteiger partial charge in [-0.25, -0.2) is 4.79 Å². The van der Waals surface area contributed by atoms with Gasteiger partial charge in [0.05, 0.1) is 6.04 Å². The molecular formula is C17H27NO2Si. The Hall–Kier alpha value is -1.39. The number of carbonyl (C=O) groups is 1. The van der Waals surface area contributed by atoms with E-state index in [2.05, 4.69) is 42.9 Å². The minimum absolute atomic E-state index is 0.0652. The first-order valence-electron chi connectivity index (χ1n) is 7.61. The molecule has 21 heavy (non-hydrogen) atoms. The maximum Gasteiger partial charge on any atom is 0.411 e. The van der Waals surface area contributed by atoms with Gasteiger partial charge in [-0.2, -0.15) is 0 Å². The lowest BCUT2D eigenvalue weighted by atomic mass is 10.0. The minimum atomic E-state index is -1.38. The van der Waals surface area contributed by atoms with Crippen LogP contribution in [0.4, 0.5) is 4.79 Å². The maximum atomic E-state index is 12.2. The largest absolute Gasteiger partial charge is 0.444 e. The van der Waals surface area contributed by atoms with E-state index in [1.54, 1.807) is 4.90 Å². The molecule has 0 radical (unpaired) electrons. The molecule has 1 aliphatic rings. The smallest absolute Gasteiger partial charge is 0.411 e. The number of hydrogen-bond acceptors (Lipinski definition) is 2. The zero-order chi connectivity index (χ0) is 16.1. The van der Waals surface area contributed by atoms with Gasteiger partial charge in [0.1, 0.15) is 13.7 Å². The third-order valence-corrected chi connectivity index (χ3v) is 3.74. The number of hydrogen-bond donors (Lipinski definition) is 0. The monoisotopic (exact) mass is 305 g/mol. The van der Waals surface area contributed by atoms with Gasteiger partial charge in [-0.3, -0.25) is 4.90 Å². The van der Waals surface area contributed by atoms with Crippen molar-refractivity contribution >= 4 is 14.2 Å². The predicted molar refractivity (Wildman–Crippen MR) is 89.5 cm³/mol. The molecule has 116 valence electrons. The van der Waals surface area contributed by atoms with Crippen LogP contribution in [0.3, 0.4) is 0 Å². The second kappa shape index (κ2) is 7.05. The van der Waals surface area contributed by atoms with Crippen molar-refractivity contribution in [3.8, 4) is 23.3 Å². The molecule has 3 nitrogen and oxygen atoms in total. The summed E-state index contributed by atoms with van der Waals surface area (Å²) >= 11 is 0. The number of piperidine rings is 1. The molecular weight excluding hydrogens is 278 g/mol. The zero-order valence-corrected chi connectivity index (χ0v) is 15.2. The Labute approximate surface area is 130 Å². The third-order valence-electron chi connectivity index (χ3n) is 2.87. The fourth-order valence-corrected chi connectivity index (χ4v) is 2.40. The molecule has 1 amide bonds. The van der Waals surface area contributed by atoms with E-state index in [1.807, 2.05) is 20.8 Å². The lowest BCUT2D eigenvalue weighted by Crippen LogP contribution is -2.45. The molecule has 4 heteroatoms. The SMILES string of the molecule is CC(C)(C)OC(=O)N1CCCCC1C#CC#C[Si](C)(C)C. The summed E-state index contributed by atoms with van der Waals surface area (Å²) in [5.74, 6) is 9.02. The molecule has 0 N–H and O–H groups in total. The van der Waals surface area contributed by atoms with E-state index in [0.29, 0.717) is 0 Å². The van der Waals surface area contributed by atoms with Crippen molar-refractivity contribution in [3.63, 3.8) is 0 Å². The molecule has 1 fully saturated rings. The highest BCUT2D eigenvalue weighted by atomic mass is 28.3. The van der Waals surface area contributed by atoms with Crippen molar-refractivity contribution in [2.45, 2.75) is 71.3 Å². The van der Waals surface area contributed by atoms with Crippen LogP contribution < -0.4 is 0 Å². The van der Waals surface area contributed by atoms with Gasteiger partial charge in [0.25, 0.3) is 0 Å². The van der Waals surface area contributed by atoms with Crippen molar-refractivity contribution in [2.24, 2.45) is 0 Å². The molecule has 0 bridgehead atoms. The topological polar surface area (TPSA) is 29.5 Å². The number of rotatable bonds is 0. The van der Waals surface area contributed by atoms with Gasteiger partial charge in [0.2, 0.25) is 0 Å². The third kappa shape index (κ3) is 7.25. The van der Waals surface area contributed by atoms with Crippen LogP contribution in [0.15, 0.2) is 0 Å². The van der Waals surface area contributed by atoms with Gasteiger partial charge in [0.15, 0.2) is 0 Å². The molecule has 0 aromatic rings. The molecule has 0 aromatic carbocycles. The van der Waals surface area contributed by atoms with E-state index in [1.165, 1.54) is 0 Å². The molecule has 1 unspecified atom stereocenters. The first kappa shape index (κ1) is 17.7. The Morgan fingerprint density at radius 3 is 2.43 bits per heavy atom. The average Bonchev–Trinajstić information content (AvgIpc) is 2.32. The molecule has 0 aliphatic carbocycles. The van der Waals surface area contributed by atoms with Crippen molar-refractivity contribution in [3.05, 3.63) is 0 Å². The van der Waals surface area contributed by atoms with Gasteiger partial charge in [-0.15, -0.1) is 5.54 Å². The van der Waals surface area contributed by atoms with Crippen molar-refractivity contribution in [2.75, 3.05) is 6.54 Å². The van der Waals surface area contributed by atoms with Crippen molar-refractivity contribution in [1.29, 1.82) is 0 Å². The number of carbonyl (C=O) groups excluding carboxylic acids is 1. The van der Waals surface area contributed by atoms with Crippen molar-refractivity contribution < 1.29 is 9.53 Å². The van der Waals surface area contributed by atoms with Crippen LogP contribution >= 0.6 is 0 Å². The van der Waals surface area contributed by atoms with E-state index in [9.17, 15) is 4.79 Å². The Morgan fingerprint density at radius 1 is 1.19 bits per heavy atom. The van der Waals surface area contributed by atoms with Crippen LogP contribution in [-0.2, 0) is 4.74 Å². The molecule has 1 rings (SSSR count). The summed E-state index contributed by atoms with van der Waals surface area (Å²) in [7, 11) is -1.38. The van der Waals surface area contributed by atoms with E-state index in [-0.39, 0.29) is 12.1 Å². The van der Waals surface area contributed by atoms with E-state index in [4.69, 9.17) is 4.74 Å². The van der Waals surface area contributed by atoms with Gasteiger partial charge in [0, 0.05) is 6.54 Å². The second-order valence-electron chi connectivity index (χ2n) is 7.45. The normalized spacial score (nSPS) is 19.0. The number of likely N-dealkylation sites (tertiary alicyclic amines) is 1. The van der Waals surface area contributed by atoms with Crippen LogP contribution in [0.2, 0.25) is 19.6 Å². The number of ether oxygens (including phenoxy) is 1. The molecule has 1 saturated heterocycles. The summed E-state index contributed by atoms with van der Waals surface area (Å²) in [6, 6.07) is -0.0652. The highest BCUT2D eigenvalue weighted by Gasteiger charge is 2.29. The highest BCUT2D eigenvalue weighted by molar-refractivity contribution is 6.83. The fraction of sp³-hybridized carbons (Fsp3) is 0.706. The summed E-state index contributed by atoms with van der Waals surface area (Å²) in [6.45, 7) is 12.9. The molecule has 0 aromatic heterocycles.